The summed E-state index contributed by atoms with van der Waals surface area (Å²) in [5.41, 5.74) is 0.0265. The van der Waals surface area contributed by atoms with Crippen molar-refractivity contribution in [2.75, 3.05) is 21.3 Å². The van der Waals surface area contributed by atoms with Crippen molar-refractivity contribution >= 4 is 23.8 Å². The van der Waals surface area contributed by atoms with Crippen LogP contribution in [0.15, 0.2) is 24.3 Å². The molecule has 8 heteroatoms. The van der Waals surface area contributed by atoms with Gasteiger partial charge in [-0.25, -0.2) is 0 Å². The van der Waals surface area contributed by atoms with Crippen LogP contribution in [0.5, 0.6) is 0 Å². The Morgan fingerprint density at radius 1 is 1.15 bits per heavy atom. The number of likely N-dealkylation sites (tertiary alicyclic amines) is 1. The summed E-state index contributed by atoms with van der Waals surface area (Å²) in [6.45, 7) is 1.88. The highest BCUT2D eigenvalue weighted by molar-refractivity contribution is 6.10. The monoisotopic (exact) mass is 374 g/mol. The first-order valence-corrected chi connectivity index (χ1v) is 8.58. The number of nitrogens with zero attached hydrogens (tertiary/aromatic N) is 1. The fourth-order valence-corrected chi connectivity index (χ4v) is 4.25. The Balaban J connectivity index is 2.18. The van der Waals surface area contributed by atoms with Gasteiger partial charge in [0.2, 0.25) is 11.8 Å². The standard InChI is InChI=1S/C19H22N2O6/c1-10-7-5-6-8-11(10)15-13-14(17(24)21(2)16(13)23)19(20-15,18(25)27-4)9-12(22)26-3/h5-8,13-15,20H,9H2,1-4H3/t13-,14-,15-,19-/m1/s1. The summed E-state index contributed by atoms with van der Waals surface area (Å²) in [4.78, 5) is 51.6. The Bertz CT molecular complexity index is 822. The Hall–Kier alpha value is -2.74. The number of imide groups is 1. The van der Waals surface area contributed by atoms with Crippen molar-refractivity contribution in [3.63, 3.8) is 0 Å². The highest BCUT2D eigenvalue weighted by Crippen LogP contribution is 2.50. The van der Waals surface area contributed by atoms with Crippen LogP contribution in [0.4, 0.5) is 0 Å². The zero-order chi connectivity index (χ0) is 19.9. The molecule has 2 aliphatic heterocycles. The number of methoxy groups -OCH3 is 2. The number of carbonyl (C=O) groups excluding carboxylic acids is 4. The van der Waals surface area contributed by atoms with Gasteiger partial charge in [-0.15, -0.1) is 0 Å². The molecule has 0 aromatic heterocycles. The lowest BCUT2D eigenvalue weighted by molar-refractivity contribution is -0.159. The smallest absolute Gasteiger partial charge is 0.327 e. The van der Waals surface area contributed by atoms with Gasteiger partial charge in [0.1, 0.15) is 5.54 Å². The number of nitrogens with one attached hydrogen (secondary N) is 1. The molecular formula is C19H22N2O6. The molecule has 0 aliphatic carbocycles. The van der Waals surface area contributed by atoms with E-state index in [-0.39, 0.29) is 5.91 Å². The van der Waals surface area contributed by atoms with Gasteiger partial charge in [0.05, 0.1) is 32.5 Å². The maximum atomic E-state index is 12.9. The van der Waals surface area contributed by atoms with Gasteiger partial charge in [-0.1, -0.05) is 24.3 Å². The van der Waals surface area contributed by atoms with Crippen molar-refractivity contribution in [1.82, 2.24) is 10.2 Å². The molecule has 1 aromatic rings. The van der Waals surface area contributed by atoms with E-state index in [1.54, 1.807) is 0 Å². The summed E-state index contributed by atoms with van der Waals surface area (Å²) >= 11 is 0. The summed E-state index contributed by atoms with van der Waals surface area (Å²) in [6, 6.07) is 6.80. The van der Waals surface area contributed by atoms with Gasteiger partial charge in [-0.3, -0.25) is 29.4 Å². The van der Waals surface area contributed by atoms with E-state index < -0.39 is 47.7 Å². The molecule has 1 aromatic carbocycles. The molecular weight excluding hydrogens is 352 g/mol. The van der Waals surface area contributed by atoms with Crippen LogP contribution in [0.2, 0.25) is 0 Å². The van der Waals surface area contributed by atoms with Gasteiger partial charge in [0.25, 0.3) is 0 Å². The van der Waals surface area contributed by atoms with Crippen LogP contribution in [-0.2, 0) is 28.7 Å². The predicted octanol–water partition coefficient (Wildman–Crippen LogP) is 0.345. The van der Waals surface area contributed by atoms with E-state index in [0.29, 0.717) is 0 Å². The Labute approximate surface area is 156 Å². The summed E-state index contributed by atoms with van der Waals surface area (Å²) in [6.07, 6.45) is -0.410. The number of ether oxygens (including phenoxy) is 2. The zero-order valence-corrected chi connectivity index (χ0v) is 15.6. The van der Waals surface area contributed by atoms with Crippen LogP contribution in [0.1, 0.15) is 23.6 Å². The second-order valence-corrected chi connectivity index (χ2v) is 6.93. The maximum Gasteiger partial charge on any atom is 0.327 e. The lowest BCUT2D eigenvalue weighted by atomic mass is 9.77. The number of rotatable bonds is 4. The number of carbonyl (C=O) groups is 4. The number of hydrogen-bond acceptors (Lipinski definition) is 7. The Kier molecular flexibility index (Phi) is 4.77. The molecule has 0 radical (unpaired) electrons. The molecule has 0 saturated carbocycles. The van der Waals surface area contributed by atoms with Crippen molar-refractivity contribution in [3.8, 4) is 0 Å². The average molecular weight is 374 g/mol. The van der Waals surface area contributed by atoms with E-state index in [1.807, 2.05) is 31.2 Å². The van der Waals surface area contributed by atoms with Gasteiger partial charge in [-0.05, 0) is 18.1 Å². The number of fused-ring (bicyclic) bond motifs is 1. The largest absolute Gasteiger partial charge is 0.469 e. The molecule has 0 bridgehead atoms. The topological polar surface area (TPSA) is 102 Å². The molecule has 0 spiro atoms. The zero-order valence-electron chi connectivity index (χ0n) is 15.6. The van der Waals surface area contributed by atoms with Gasteiger partial charge in [-0.2, -0.15) is 0 Å². The van der Waals surface area contributed by atoms with Crippen LogP contribution in [0.25, 0.3) is 0 Å². The third-order valence-corrected chi connectivity index (χ3v) is 5.60. The minimum Gasteiger partial charge on any atom is -0.469 e. The second kappa shape index (κ2) is 6.77. The summed E-state index contributed by atoms with van der Waals surface area (Å²) < 4.78 is 9.67. The van der Waals surface area contributed by atoms with Crippen molar-refractivity contribution in [1.29, 1.82) is 0 Å². The van der Waals surface area contributed by atoms with E-state index >= 15 is 0 Å². The Morgan fingerprint density at radius 2 is 1.81 bits per heavy atom. The molecule has 144 valence electrons. The number of benzene rings is 1. The molecule has 2 fully saturated rings. The highest BCUT2D eigenvalue weighted by atomic mass is 16.5. The molecule has 4 atom stereocenters. The van der Waals surface area contributed by atoms with Crippen molar-refractivity contribution in [3.05, 3.63) is 35.4 Å². The lowest BCUT2D eigenvalue weighted by Crippen LogP contribution is -2.57. The number of esters is 2. The quantitative estimate of drug-likeness (QED) is 0.599. The fourth-order valence-electron chi connectivity index (χ4n) is 4.25. The van der Waals surface area contributed by atoms with Crippen LogP contribution in [0, 0.1) is 18.8 Å². The van der Waals surface area contributed by atoms with Gasteiger partial charge in [0, 0.05) is 13.1 Å². The van der Waals surface area contributed by atoms with Crippen LogP contribution in [0.3, 0.4) is 0 Å². The minimum atomic E-state index is -1.67. The summed E-state index contributed by atoms with van der Waals surface area (Å²) in [5, 5.41) is 3.12. The Morgan fingerprint density at radius 3 is 2.41 bits per heavy atom. The normalized spacial score (nSPS) is 29.6. The summed E-state index contributed by atoms with van der Waals surface area (Å²) in [7, 11) is 3.77. The summed E-state index contributed by atoms with van der Waals surface area (Å²) in [5.74, 6) is -4.20. The van der Waals surface area contributed by atoms with Gasteiger partial charge >= 0.3 is 11.9 Å². The van der Waals surface area contributed by atoms with Crippen LogP contribution < -0.4 is 5.32 Å². The van der Waals surface area contributed by atoms with Crippen LogP contribution in [-0.4, -0.2) is 55.5 Å². The van der Waals surface area contributed by atoms with Crippen molar-refractivity contribution in [2.45, 2.75) is 24.9 Å². The fraction of sp³-hybridized carbons (Fsp3) is 0.474. The van der Waals surface area contributed by atoms with E-state index in [2.05, 4.69) is 5.32 Å². The van der Waals surface area contributed by atoms with E-state index in [4.69, 9.17) is 9.47 Å². The molecule has 2 heterocycles. The molecule has 3 rings (SSSR count). The first-order valence-electron chi connectivity index (χ1n) is 8.58. The highest BCUT2D eigenvalue weighted by Gasteiger charge is 2.69. The van der Waals surface area contributed by atoms with Crippen molar-refractivity contribution < 1.29 is 28.7 Å². The molecule has 2 saturated heterocycles. The molecule has 2 aliphatic rings. The van der Waals surface area contributed by atoms with Gasteiger partial charge in [0.15, 0.2) is 0 Å². The molecule has 27 heavy (non-hydrogen) atoms. The first kappa shape index (κ1) is 19.0. The predicted molar refractivity (Wildman–Crippen MR) is 93.2 cm³/mol. The minimum absolute atomic E-state index is 0.388. The SMILES string of the molecule is COC(=O)C[C@@]1(C(=O)OC)N[C@H](c2ccccc2C)[C@@H]2C(=O)N(C)C(=O)[C@@H]21. The van der Waals surface area contributed by atoms with Gasteiger partial charge < -0.3 is 9.47 Å². The molecule has 1 N–H and O–H groups in total. The first-order chi connectivity index (χ1) is 12.8. The van der Waals surface area contributed by atoms with Crippen molar-refractivity contribution in [2.24, 2.45) is 11.8 Å². The second-order valence-electron chi connectivity index (χ2n) is 6.93. The number of hydrogen-bond donors (Lipinski definition) is 1. The third-order valence-electron chi connectivity index (χ3n) is 5.60. The van der Waals surface area contributed by atoms with E-state index in [1.165, 1.54) is 21.3 Å². The maximum absolute atomic E-state index is 12.9. The number of aryl methyl sites for hydroxylation is 1. The molecule has 0 unspecified atom stereocenters. The number of amides is 2. The van der Waals surface area contributed by atoms with Crippen LogP contribution >= 0.6 is 0 Å². The van der Waals surface area contributed by atoms with E-state index in [0.717, 1.165) is 16.0 Å². The van der Waals surface area contributed by atoms with E-state index in [9.17, 15) is 19.2 Å². The third kappa shape index (κ3) is 2.71. The average Bonchev–Trinajstić information content (AvgIpc) is 3.11. The lowest BCUT2D eigenvalue weighted by Gasteiger charge is -2.31. The molecule has 8 nitrogen and oxygen atoms in total. The molecule has 2 amide bonds.